The second-order valence-electron chi connectivity index (χ2n) is 4.57. The number of hydrogen-bond donors (Lipinski definition) is 1. The van der Waals surface area contributed by atoms with E-state index in [4.69, 9.17) is 16.0 Å². The molecule has 0 spiro atoms. The van der Waals surface area contributed by atoms with Gasteiger partial charge in [0, 0.05) is 0 Å². The van der Waals surface area contributed by atoms with Gasteiger partial charge in [0.1, 0.15) is 5.76 Å². The largest absolute Gasteiger partial charge is 0.448 e. The molecule has 0 aliphatic heterocycles. The van der Waals surface area contributed by atoms with Crippen LogP contribution in [0.5, 0.6) is 0 Å². The van der Waals surface area contributed by atoms with Crippen LogP contribution in [0.25, 0.3) is 0 Å². The maximum Gasteiger partial charge on any atom is 0.193 e. The molecule has 2 nitrogen and oxygen atoms in total. The van der Waals surface area contributed by atoms with Crippen LogP contribution in [0.2, 0.25) is 5.22 Å². The molecule has 0 aliphatic rings. The van der Waals surface area contributed by atoms with E-state index < -0.39 is 11.6 Å². The summed E-state index contributed by atoms with van der Waals surface area (Å²) in [6.07, 6.45) is 1.23. The van der Waals surface area contributed by atoms with E-state index in [9.17, 15) is 8.78 Å². The van der Waals surface area contributed by atoms with Crippen molar-refractivity contribution in [3.8, 4) is 0 Å². The Labute approximate surface area is 121 Å². The molecule has 20 heavy (non-hydrogen) atoms. The molecule has 1 unspecified atom stereocenters. The Morgan fingerprint density at radius 1 is 1.25 bits per heavy atom. The van der Waals surface area contributed by atoms with Crippen LogP contribution in [0.1, 0.15) is 30.7 Å². The van der Waals surface area contributed by atoms with E-state index in [0.717, 1.165) is 19.0 Å². The van der Waals surface area contributed by atoms with Gasteiger partial charge in [0.2, 0.25) is 0 Å². The first-order valence-corrected chi connectivity index (χ1v) is 6.91. The molecule has 1 atom stereocenters. The van der Waals surface area contributed by atoms with E-state index in [0.29, 0.717) is 17.7 Å². The predicted molar refractivity (Wildman–Crippen MR) is 74.8 cm³/mol. The molecule has 0 radical (unpaired) electrons. The second kappa shape index (κ2) is 6.86. The molecular formula is C15H16ClF2NO. The van der Waals surface area contributed by atoms with Crippen molar-refractivity contribution in [2.24, 2.45) is 0 Å². The maximum absolute atomic E-state index is 13.7. The van der Waals surface area contributed by atoms with Gasteiger partial charge in [-0.1, -0.05) is 19.1 Å². The van der Waals surface area contributed by atoms with Crippen molar-refractivity contribution in [2.45, 2.75) is 25.8 Å². The highest BCUT2D eigenvalue weighted by Crippen LogP contribution is 2.25. The molecule has 0 saturated heterocycles. The molecule has 0 amide bonds. The first-order chi connectivity index (χ1) is 9.61. The van der Waals surface area contributed by atoms with E-state index in [1.165, 1.54) is 6.07 Å². The minimum atomic E-state index is -0.839. The fraction of sp³-hybridized carbons (Fsp3) is 0.333. The van der Waals surface area contributed by atoms with Crippen molar-refractivity contribution in [2.75, 3.05) is 6.54 Å². The fourth-order valence-electron chi connectivity index (χ4n) is 2.03. The zero-order chi connectivity index (χ0) is 14.5. The molecule has 0 saturated carbocycles. The van der Waals surface area contributed by atoms with Crippen LogP contribution in [0.4, 0.5) is 8.78 Å². The Morgan fingerprint density at radius 2 is 2.05 bits per heavy atom. The Bertz CT molecular complexity index is 571. The molecule has 1 heterocycles. The monoisotopic (exact) mass is 299 g/mol. The Kier molecular flexibility index (Phi) is 5.15. The van der Waals surface area contributed by atoms with Crippen LogP contribution in [0, 0.1) is 11.6 Å². The summed E-state index contributed by atoms with van der Waals surface area (Å²) >= 11 is 5.77. The van der Waals surface area contributed by atoms with Gasteiger partial charge in [0.25, 0.3) is 0 Å². The molecule has 1 N–H and O–H groups in total. The normalized spacial score (nSPS) is 12.6. The molecule has 1 aromatic carbocycles. The summed E-state index contributed by atoms with van der Waals surface area (Å²) in [5.41, 5.74) is 0.311. The SMILES string of the molecule is CCCNC(Cc1cccc(F)c1F)c1ccc(Cl)o1. The lowest BCUT2D eigenvalue weighted by atomic mass is 10.0. The third-order valence-corrected chi connectivity index (χ3v) is 3.24. The van der Waals surface area contributed by atoms with Gasteiger partial charge in [0.05, 0.1) is 6.04 Å². The first kappa shape index (κ1) is 15.0. The number of hydrogen-bond acceptors (Lipinski definition) is 2. The third-order valence-electron chi connectivity index (χ3n) is 3.03. The minimum absolute atomic E-state index is 0.237. The predicted octanol–water partition coefficient (Wildman–Crippen LogP) is 4.49. The van der Waals surface area contributed by atoms with Crippen LogP contribution in [0.15, 0.2) is 34.7 Å². The number of rotatable bonds is 6. The second-order valence-corrected chi connectivity index (χ2v) is 4.94. The zero-order valence-corrected chi connectivity index (χ0v) is 11.9. The number of furan rings is 1. The van der Waals surface area contributed by atoms with Gasteiger partial charge in [-0.15, -0.1) is 0 Å². The van der Waals surface area contributed by atoms with Gasteiger partial charge < -0.3 is 9.73 Å². The van der Waals surface area contributed by atoms with Crippen LogP contribution in [-0.4, -0.2) is 6.54 Å². The number of nitrogens with one attached hydrogen (secondary N) is 1. The highest BCUT2D eigenvalue weighted by atomic mass is 35.5. The van der Waals surface area contributed by atoms with E-state index in [1.54, 1.807) is 18.2 Å². The van der Waals surface area contributed by atoms with Crippen molar-refractivity contribution < 1.29 is 13.2 Å². The van der Waals surface area contributed by atoms with Crippen molar-refractivity contribution in [3.05, 3.63) is 58.5 Å². The molecule has 2 aromatic rings. The molecule has 0 fully saturated rings. The molecule has 108 valence electrons. The summed E-state index contributed by atoms with van der Waals surface area (Å²) in [4.78, 5) is 0. The van der Waals surface area contributed by atoms with Crippen molar-refractivity contribution in [1.82, 2.24) is 5.32 Å². The number of benzene rings is 1. The van der Waals surface area contributed by atoms with E-state index in [2.05, 4.69) is 5.32 Å². The highest BCUT2D eigenvalue weighted by molar-refractivity contribution is 6.28. The van der Waals surface area contributed by atoms with Crippen LogP contribution in [-0.2, 0) is 6.42 Å². The highest BCUT2D eigenvalue weighted by Gasteiger charge is 2.18. The van der Waals surface area contributed by atoms with E-state index in [1.807, 2.05) is 6.92 Å². The Morgan fingerprint density at radius 3 is 2.70 bits per heavy atom. The summed E-state index contributed by atoms with van der Waals surface area (Å²) in [7, 11) is 0. The van der Waals surface area contributed by atoms with Crippen LogP contribution >= 0.6 is 11.6 Å². The lowest BCUT2D eigenvalue weighted by Crippen LogP contribution is -2.24. The summed E-state index contributed by atoms with van der Waals surface area (Å²) in [6, 6.07) is 7.32. The Balaban J connectivity index is 2.21. The third kappa shape index (κ3) is 3.58. The number of halogens is 3. The van der Waals surface area contributed by atoms with E-state index >= 15 is 0 Å². The summed E-state index contributed by atoms with van der Waals surface area (Å²) in [5, 5.41) is 3.53. The van der Waals surface area contributed by atoms with Crippen molar-refractivity contribution in [3.63, 3.8) is 0 Å². The minimum Gasteiger partial charge on any atom is -0.448 e. The summed E-state index contributed by atoms with van der Waals surface area (Å²) < 4.78 is 32.4. The average molecular weight is 300 g/mol. The molecule has 2 rings (SSSR count). The van der Waals surface area contributed by atoms with Crippen LogP contribution < -0.4 is 5.32 Å². The molecule has 1 aromatic heterocycles. The Hall–Kier alpha value is -1.39. The maximum atomic E-state index is 13.7. The molecule has 0 bridgehead atoms. The summed E-state index contributed by atoms with van der Waals surface area (Å²) in [5.74, 6) is -1.03. The van der Waals surface area contributed by atoms with Gasteiger partial charge in [-0.3, -0.25) is 0 Å². The fourth-order valence-corrected chi connectivity index (χ4v) is 2.19. The van der Waals surface area contributed by atoms with E-state index in [-0.39, 0.29) is 11.3 Å². The van der Waals surface area contributed by atoms with Gasteiger partial charge >= 0.3 is 0 Å². The standard InChI is InChI=1S/C15H16ClF2NO/c1-2-8-19-12(13-6-7-14(16)20-13)9-10-4-3-5-11(17)15(10)18/h3-7,12,19H,2,8-9H2,1H3. The lowest BCUT2D eigenvalue weighted by molar-refractivity contribution is 0.404. The first-order valence-electron chi connectivity index (χ1n) is 6.53. The molecule has 0 aliphatic carbocycles. The van der Waals surface area contributed by atoms with Gasteiger partial charge in [-0.05, 0) is 54.7 Å². The average Bonchev–Trinajstić information content (AvgIpc) is 2.86. The van der Waals surface area contributed by atoms with Crippen LogP contribution in [0.3, 0.4) is 0 Å². The molecule has 5 heteroatoms. The van der Waals surface area contributed by atoms with Crippen molar-refractivity contribution >= 4 is 11.6 Å². The zero-order valence-electron chi connectivity index (χ0n) is 11.1. The van der Waals surface area contributed by atoms with Gasteiger partial charge in [-0.25, -0.2) is 8.78 Å². The quantitative estimate of drug-likeness (QED) is 0.850. The summed E-state index contributed by atoms with van der Waals surface area (Å²) in [6.45, 7) is 2.78. The molecular weight excluding hydrogens is 284 g/mol. The smallest absolute Gasteiger partial charge is 0.193 e. The lowest BCUT2D eigenvalue weighted by Gasteiger charge is -2.16. The van der Waals surface area contributed by atoms with Gasteiger partial charge in [-0.2, -0.15) is 0 Å². The van der Waals surface area contributed by atoms with Crippen molar-refractivity contribution in [1.29, 1.82) is 0 Å². The van der Waals surface area contributed by atoms with Gasteiger partial charge in [0.15, 0.2) is 16.9 Å². The topological polar surface area (TPSA) is 25.2 Å².